The maximum absolute atomic E-state index is 12.8. The Morgan fingerprint density at radius 2 is 1.86 bits per heavy atom. The lowest BCUT2D eigenvalue weighted by Crippen LogP contribution is -2.27. The van der Waals surface area contributed by atoms with Crippen molar-refractivity contribution in [1.29, 1.82) is 0 Å². The Morgan fingerprint density at radius 3 is 2.57 bits per heavy atom. The fourth-order valence-corrected chi connectivity index (χ4v) is 3.42. The molecule has 0 fully saturated rings. The van der Waals surface area contributed by atoms with Crippen LogP contribution in [0, 0.1) is 12.8 Å². The summed E-state index contributed by atoms with van der Waals surface area (Å²) in [6.45, 7) is 8.08. The average molecular weight is 383 g/mol. The second kappa shape index (κ2) is 9.04. The molecule has 2 amide bonds. The van der Waals surface area contributed by atoms with Crippen LogP contribution in [0.2, 0.25) is 0 Å². The minimum Gasteiger partial charge on any atom is -0.351 e. The Balaban J connectivity index is 1.73. The lowest BCUT2D eigenvalue weighted by Gasteiger charge is -2.17. The van der Waals surface area contributed by atoms with Gasteiger partial charge in [-0.05, 0) is 44.1 Å². The van der Waals surface area contributed by atoms with Crippen molar-refractivity contribution < 1.29 is 9.59 Å². The number of aryl methyl sites for hydroxylation is 1. The van der Waals surface area contributed by atoms with Crippen LogP contribution in [0.3, 0.4) is 0 Å². The monoisotopic (exact) mass is 382 g/mol. The maximum atomic E-state index is 12.8. The summed E-state index contributed by atoms with van der Waals surface area (Å²) in [6, 6.07) is 8.06. The van der Waals surface area contributed by atoms with E-state index < -0.39 is 0 Å². The third-order valence-corrected chi connectivity index (χ3v) is 5.12. The average Bonchev–Trinajstić information content (AvgIpc) is 3.07. The number of hydrogen-bond donors (Lipinski definition) is 2. The van der Waals surface area contributed by atoms with E-state index in [1.807, 2.05) is 35.8 Å². The highest BCUT2D eigenvalue weighted by Gasteiger charge is 2.27. The van der Waals surface area contributed by atoms with Crippen molar-refractivity contribution in [2.24, 2.45) is 5.92 Å². The highest BCUT2D eigenvalue weighted by molar-refractivity contribution is 5.97. The molecular weight excluding hydrogens is 352 g/mol. The van der Waals surface area contributed by atoms with Gasteiger partial charge in [0.15, 0.2) is 5.82 Å². The fraction of sp³-hybridized carbons (Fsp3) is 0.500. The van der Waals surface area contributed by atoms with Gasteiger partial charge in [0.1, 0.15) is 5.69 Å². The zero-order valence-corrected chi connectivity index (χ0v) is 17.0. The SMILES string of the molecule is Cc1ccc(CNC(=O)c2nc(C(=O)NCCC(C)C)c3n2CCCC3)cc1. The quantitative estimate of drug-likeness (QED) is 0.772. The van der Waals surface area contributed by atoms with Crippen LogP contribution >= 0.6 is 0 Å². The molecular formula is C22H30N4O2. The van der Waals surface area contributed by atoms with Crippen LogP contribution in [-0.4, -0.2) is 27.9 Å². The second-order valence-electron chi connectivity index (χ2n) is 7.95. The number of nitrogens with zero attached hydrogens (tertiary/aromatic N) is 2. The van der Waals surface area contributed by atoms with Crippen LogP contribution in [-0.2, 0) is 19.5 Å². The lowest BCUT2D eigenvalue weighted by atomic mass is 10.1. The number of carbonyl (C=O) groups excluding carboxylic acids is 2. The smallest absolute Gasteiger partial charge is 0.287 e. The summed E-state index contributed by atoms with van der Waals surface area (Å²) < 4.78 is 1.92. The minimum atomic E-state index is -0.232. The van der Waals surface area contributed by atoms with Gasteiger partial charge < -0.3 is 15.2 Å². The van der Waals surface area contributed by atoms with Crippen molar-refractivity contribution in [2.45, 2.75) is 59.5 Å². The van der Waals surface area contributed by atoms with Crippen molar-refractivity contribution in [3.05, 3.63) is 52.6 Å². The molecule has 1 aromatic heterocycles. The summed E-state index contributed by atoms with van der Waals surface area (Å²) in [5.74, 6) is 0.462. The zero-order valence-electron chi connectivity index (χ0n) is 17.0. The van der Waals surface area contributed by atoms with Gasteiger partial charge in [-0.1, -0.05) is 43.7 Å². The van der Waals surface area contributed by atoms with E-state index >= 15 is 0 Å². The second-order valence-corrected chi connectivity index (χ2v) is 7.95. The minimum absolute atomic E-state index is 0.177. The van der Waals surface area contributed by atoms with Gasteiger partial charge >= 0.3 is 0 Å². The number of fused-ring (bicyclic) bond motifs is 1. The molecule has 2 heterocycles. The first-order valence-electron chi connectivity index (χ1n) is 10.2. The number of hydrogen-bond acceptors (Lipinski definition) is 3. The van der Waals surface area contributed by atoms with Crippen molar-refractivity contribution in [3.8, 4) is 0 Å². The molecule has 0 unspecified atom stereocenters. The van der Waals surface area contributed by atoms with E-state index in [-0.39, 0.29) is 11.8 Å². The van der Waals surface area contributed by atoms with Gasteiger partial charge in [0, 0.05) is 19.6 Å². The van der Waals surface area contributed by atoms with Crippen molar-refractivity contribution in [3.63, 3.8) is 0 Å². The molecule has 0 saturated carbocycles. The van der Waals surface area contributed by atoms with Crippen LogP contribution < -0.4 is 10.6 Å². The van der Waals surface area contributed by atoms with E-state index in [9.17, 15) is 9.59 Å². The highest BCUT2D eigenvalue weighted by atomic mass is 16.2. The summed E-state index contributed by atoms with van der Waals surface area (Å²) >= 11 is 0. The molecule has 6 heteroatoms. The van der Waals surface area contributed by atoms with E-state index in [4.69, 9.17) is 0 Å². The van der Waals surface area contributed by atoms with Crippen LogP contribution in [0.25, 0.3) is 0 Å². The standard InChI is InChI=1S/C22H30N4O2/c1-15(2)11-12-23-21(27)19-18-6-4-5-13-26(18)20(25-19)22(28)24-14-17-9-7-16(3)8-10-17/h7-10,15H,4-6,11-14H2,1-3H3,(H,23,27)(H,24,28). The van der Waals surface area contributed by atoms with Crippen molar-refractivity contribution in [1.82, 2.24) is 20.2 Å². The number of rotatable bonds is 7. The van der Waals surface area contributed by atoms with E-state index in [2.05, 4.69) is 29.5 Å². The Morgan fingerprint density at radius 1 is 1.11 bits per heavy atom. The van der Waals surface area contributed by atoms with Gasteiger partial charge in [0.2, 0.25) is 0 Å². The van der Waals surface area contributed by atoms with E-state index in [0.29, 0.717) is 30.5 Å². The number of benzene rings is 1. The van der Waals surface area contributed by atoms with Gasteiger partial charge in [0.05, 0.1) is 5.69 Å². The van der Waals surface area contributed by atoms with Gasteiger partial charge in [-0.3, -0.25) is 9.59 Å². The normalized spacial score (nSPS) is 13.3. The third kappa shape index (κ3) is 4.80. The molecule has 2 N–H and O–H groups in total. The van der Waals surface area contributed by atoms with E-state index in [1.165, 1.54) is 5.56 Å². The van der Waals surface area contributed by atoms with Crippen molar-refractivity contribution >= 4 is 11.8 Å². The summed E-state index contributed by atoms with van der Waals surface area (Å²) in [6.07, 6.45) is 3.72. The molecule has 1 aromatic carbocycles. The molecule has 0 bridgehead atoms. The molecule has 150 valence electrons. The number of aromatic nitrogens is 2. The number of imidazole rings is 1. The van der Waals surface area contributed by atoms with Crippen LogP contribution in [0.1, 0.15) is 71.0 Å². The Labute approximate surface area is 166 Å². The molecule has 3 rings (SSSR count). The molecule has 2 aromatic rings. The van der Waals surface area contributed by atoms with Crippen molar-refractivity contribution in [2.75, 3.05) is 6.54 Å². The van der Waals surface area contributed by atoms with Crippen LogP contribution in [0.15, 0.2) is 24.3 Å². The molecule has 6 nitrogen and oxygen atoms in total. The molecule has 1 aliphatic heterocycles. The van der Waals surface area contributed by atoms with Gasteiger partial charge in [-0.2, -0.15) is 0 Å². The summed E-state index contributed by atoms with van der Waals surface area (Å²) in [5.41, 5.74) is 3.51. The Hall–Kier alpha value is -2.63. The molecule has 1 aliphatic rings. The van der Waals surface area contributed by atoms with Crippen LogP contribution in [0.4, 0.5) is 0 Å². The Bertz CT molecular complexity index is 837. The molecule has 0 aliphatic carbocycles. The number of amides is 2. The molecule has 28 heavy (non-hydrogen) atoms. The molecule has 0 spiro atoms. The fourth-order valence-electron chi connectivity index (χ4n) is 3.42. The topological polar surface area (TPSA) is 76.0 Å². The first-order valence-corrected chi connectivity index (χ1v) is 10.2. The summed E-state index contributed by atoms with van der Waals surface area (Å²) in [4.78, 5) is 29.9. The first kappa shape index (κ1) is 20.1. The lowest BCUT2D eigenvalue weighted by molar-refractivity contribution is 0.0935. The maximum Gasteiger partial charge on any atom is 0.287 e. The van der Waals surface area contributed by atoms with Crippen LogP contribution in [0.5, 0.6) is 0 Å². The summed E-state index contributed by atoms with van der Waals surface area (Å²) in [7, 11) is 0. The van der Waals surface area contributed by atoms with E-state index in [1.54, 1.807) is 0 Å². The molecule has 0 atom stereocenters. The predicted molar refractivity (Wildman–Crippen MR) is 109 cm³/mol. The largest absolute Gasteiger partial charge is 0.351 e. The molecule has 0 saturated heterocycles. The van der Waals surface area contributed by atoms with Gasteiger partial charge in [-0.15, -0.1) is 0 Å². The first-order chi connectivity index (χ1) is 13.5. The summed E-state index contributed by atoms with van der Waals surface area (Å²) in [5, 5.41) is 5.89. The predicted octanol–water partition coefficient (Wildman–Crippen LogP) is 3.23. The third-order valence-electron chi connectivity index (χ3n) is 5.12. The zero-order chi connectivity index (χ0) is 20.1. The number of carbonyl (C=O) groups is 2. The van der Waals surface area contributed by atoms with Gasteiger partial charge in [-0.25, -0.2) is 4.98 Å². The Kier molecular flexibility index (Phi) is 6.49. The van der Waals surface area contributed by atoms with E-state index in [0.717, 1.165) is 43.5 Å². The van der Waals surface area contributed by atoms with Gasteiger partial charge in [0.25, 0.3) is 11.8 Å². The molecule has 0 radical (unpaired) electrons. The number of nitrogens with one attached hydrogen (secondary N) is 2. The highest BCUT2D eigenvalue weighted by Crippen LogP contribution is 2.21.